The molecule has 0 fully saturated rings. The van der Waals surface area contributed by atoms with Crippen LogP contribution in [-0.2, 0) is 4.79 Å². The van der Waals surface area contributed by atoms with E-state index in [-0.39, 0.29) is 11.4 Å². The predicted octanol–water partition coefficient (Wildman–Crippen LogP) is 2.86. The molecule has 0 unspecified atom stereocenters. The van der Waals surface area contributed by atoms with Gasteiger partial charge in [0, 0.05) is 31.7 Å². The Balaban J connectivity index is 2.63. The Bertz CT molecular complexity index is 452. The molecular formula is C14H22ClN3O. The monoisotopic (exact) mass is 283 g/mol. The molecule has 1 aromatic carbocycles. The number of carbonyl (C=O) groups is 1. The summed E-state index contributed by atoms with van der Waals surface area (Å²) in [6.45, 7) is 3.81. The van der Waals surface area contributed by atoms with Crippen LogP contribution in [0.15, 0.2) is 18.2 Å². The molecule has 0 aliphatic heterocycles. The van der Waals surface area contributed by atoms with E-state index in [0.29, 0.717) is 23.6 Å². The largest absolute Gasteiger partial charge is 0.376 e. The van der Waals surface area contributed by atoms with Gasteiger partial charge in [-0.3, -0.25) is 4.79 Å². The van der Waals surface area contributed by atoms with Gasteiger partial charge in [0.2, 0.25) is 5.91 Å². The molecule has 1 rings (SSSR count). The highest BCUT2D eigenvalue weighted by atomic mass is 35.5. The molecule has 1 aromatic rings. The molecule has 0 saturated carbocycles. The second kappa shape index (κ2) is 6.26. The summed E-state index contributed by atoms with van der Waals surface area (Å²) < 4.78 is 0. The number of hydrogen-bond acceptors (Lipinski definition) is 3. The van der Waals surface area contributed by atoms with Crippen molar-refractivity contribution in [3.05, 3.63) is 23.2 Å². The normalized spacial score (nSPS) is 11.3. The number of carbonyl (C=O) groups excluding carboxylic acids is 1. The van der Waals surface area contributed by atoms with E-state index in [1.54, 1.807) is 6.07 Å². The summed E-state index contributed by atoms with van der Waals surface area (Å²) in [6.07, 6.45) is 1.04. The summed E-state index contributed by atoms with van der Waals surface area (Å²) in [6, 6.07) is 5.47. The lowest BCUT2D eigenvalue weighted by atomic mass is 10.00. The van der Waals surface area contributed by atoms with E-state index < -0.39 is 0 Å². The molecule has 0 saturated heterocycles. The molecule has 0 aromatic heterocycles. The maximum atomic E-state index is 11.8. The van der Waals surface area contributed by atoms with Crippen molar-refractivity contribution in [2.45, 2.75) is 32.2 Å². The quantitative estimate of drug-likeness (QED) is 0.874. The molecule has 0 spiro atoms. The van der Waals surface area contributed by atoms with Gasteiger partial charge in [-0.1, -0.05) is 11.6 Å². The van der Waals surface area contributed by atoms with Crippen molar-refractivity contribution in [1.82, 2.24) is 0 Å². The molecule has 0 bridgehead atoms. The van der Waals surface area contributed by atoms with Crippen molar-refractivity contribution in [2.75, 3.05) is 24.3 Å². The molecule has 0 heterocycles. The van der Waals surface area contributed by atoms with E-state index in [2.05, 4.69) is 5.32 Å². The smallest absolute Gasteiger partial charge is 0.224 e. The average molecular weight is 284 g/mol. The minimum atomic E-state index is -0.330. The topological polar surface area (TPSA) is 58.4 Å². The third kappa shape index (κ3) is 5.49. The van der Waals surface area contributed by atoms with E-state index in [9.17, 15) is 4.79 Å². The van der Waals surface area contributed by atoms with Gasteiger partial charge in [0.15, 0.2) is 0 Å². The standard InChI is InChI=1S/C14H22ClN3O/c1-14(2,16)8-7-13(19)17-10-5-6-12(18(3)4)11(15)9-10/h5-6,9H,7-8,16H2,1-4H3,(H,17,19). The van der Waals surface area contributed by atoms with Crippen LogP contribution in [0.25, 0.3) is 0 Å². The highest BCUT2D eigenvalue weighted by Gasteiger charge is 2.13. The zero-order valence-electron chi connectivity index (χ0n) is 12.0. The number of nitrogens with one attached hydrogen (secondary N) is 1. The first-order valence-electron chi connectivity index (χ1n) is 6.24. The van der Waals surface area contributed by atoms with Gasteiger partial charge in [0.1, 0.15) is 0 Å². The van der Waals surface area contributed by atoms with Gasteiger partial charge in [0.25, 0.3) is 0 Å². The number of hydrogen-bond donors (Lipinski definition) is 2. The summed E-state index contributed by atoms with van der Waals surface area (Å²) in [7, 11) is 3.84. The fourth-order valence-corrected chi connectivity index (χ4v) is 1.96. The van der Waals surface area contributed by atoms with Crippen LogP contribution in [0.2, 0.25) is 5.02 Å². The number of amides is 1. The molecule has 0 aliphatic carbocycles. The molecule has 5 heteroatoms. The minimum absolute atomic E-state index is 0.0489. The fourth-order valence-electron chi connectivity index (χ4n) is 1.61. The summed E-state index contributed by atoms with van der Waals surface area (Å²) in [5.41, 5.74) is 7.14. The van der Waals surface area contributed by atoms with Crippen molar-refractivity contribution in [2.24, 2.45) is 5.73 Å². The summed E-state index contributed by atoms with van der Waals surface area (Å²) in [4.78, 5) is 13.7. The molecule has 0 atom stereocenters. The Morgan fingerprint density at radius 1 is 1.42 bits per heavy atom. The summed E-state index contributed by atoms with van der Waals surface area (Å²) >= 11 is 6.14. The summed E-state index contributed by atoms with van der Waals surface area (Å²) in [5.74, 6) is -0.0489. The van der Waals surface area contributed by atoms with Gasteiger partial charge in [-0.05, 0) is 38.5 Å². The van der Waals surface area contributed by atoms with Crippen molar-refractivity contribution < 1.29 is 4.79 Å². The van der Waals surface area contributed by atoms with Crippen LogP contribution in [-0.4, -0.2) is 25.5 Å². The van der Waals surface area contributed by atoms with E-state index in [1.807, 2.05) is 45.0 Å². The lowest BCUT2D eigenvalue weighted by molar-refractivity contribution is -0.116. The Morgan fingerprint density at radius 2 is 2.05 bits per heavy atom. The number of nitrogens with two attached hydrogens (primary N) is 1. The molecular weight excluding hydrogens is 262 g/mol. The Hall–Kier alpha value is -1.26. The lowest BCUT2D eigenvalue weighted by Gasteiger charge is -2.18. The number of benzene rings is 1. The fraction of sp³-hybridized carbons (Fsp3) is 0.500. The SMILES string of the molecule is CN(C)c1ccc(NC(=O)CCC(C)(C)N)cc1Cl. The van der Waals surface area contributed by atoms with E-state index >= 15 is 0 Å². The van der Waals surface area contributed by atoms with Crippen LogP contribution >= 0.6 is 11.6 Å². The van der Waals surface area contributed by atoms with Crippen LogP contribution in [0, 0.1) is 0 Å². The van der Waals surface area contributed by atoms with Crippen molar-refractivity contribution >= 4 is 28.9 Å². The van der Waals surface area contributed by atoms with Crippen molar-refractivity contribution in [3.63, 3.8) is 0 Å². The van der Waals surface area contributed by atoms with E-state index in [1.165, 1.54) is 0 Å². The Morgan fingerprint density at radius 3 is 2.53 bits per heavy atom. The highest BCUT2D eigenvalue weighted by Crippen LogP contribution is 2.27. The zero-order chi connectivity index (χ0) is 14.6. The van der Waals surface area contributed by atoms with Crippen LogP contribution in [0.1, 0.15) is 26.7 Å². The third-order valence-corrected chi connectivity index (χ3v) is 3.01. The Labute approximate surface area is 119 Å². The van der Waals surface area contributed by atoms with Crippen LogP contribution < -0.4 is 16.0 Å². The summed E-state index contributed by atoms with van der Waals surface area (Å²) in [5, 5.41) is 3.44. The molecule has 4 nitrogen and oxygen atoms in total. The van der Waals surface area contributed by atoms with Crippen LogP contribution in [0.3, 0.4) is 0 Å². The van der Waals surface area contributed by atoms with Gasteiger partial charge < -0.3 is 16.0 Å². The van der Waals surface area contributed by atoms with Crippen molar-refractivity contribution in [3.8, 4) is 0 Å². The second-order valence-electron chi connectivity index (χ2n) is 5.60. The molecule has 3 N–H and O–H groups in total. The van der Waals surface area contributed by atoms with Gasteiger partial charge in [-0.15, -0.1) is 0 Å². The first-order chi connectivity index (χ1) is 8.69. The van der Waals surface area contributed by atoms with Crippen molar-refractivity contribution in [1.29, 1.82) is 0 Å². The van der Waals surface area contributed by atoms with E-state index in [4.69, 9.17) is 17.3 Å². The predicted molar refractivity (Wildman–Crippen MR) is 81.9 cm³/mol. The molecule has 0 radical (unpaired) electrons. The lowest BCUT2D eigenvalue weighted by Crippen LogP contribution is -2.33. The molecule has 19 heavy (non-hydrogen) atoms. The van der Waals surface area contributed by atoms with Gasteiger partial charge >= 0.3 is 0 Å². The molecule has 0 aliphatic rings. The number of anilines is 2. The zero-order valence-corrected chi connectivity index (χ0v) is 12.7. The van der Waals surface area contributed by atoms with Crippen LogP contribution in [0.4, 0.5) is 11.4 Å². The number of rotatable bonds is 5. The Kier molecular flexibility index (Phi) is 5.20. The maximum Gasteiger partial charge on any atom is 0.224 e. The van der Waals surface area contributed by atoms with E-state index in [0.717, 1.165) is 5.69 Å². The van der Waals surface area contributed by atoms with Gasteiger partial charge in [-0.2, -0.15) is 0 Å². The number of nitrogens with zero attached hydrogens (tertiary/aromatic N) is 1. The second-order valence-corrected chi connectivity index (χ2v) is 6.00. The highest BCUT2D eigenvalue weighted by molar-refractivity contribution is 6.33. The van der Waals surface area contributed by atoms with Gasteiger partial charge in [0.05, 0.1) is 10.7 Å². The third-order valence-electron chi connectivity index (χ3n) is 2.71. The average Bonchev–Trinajstić information content (AvgIpc) is 2.25. The molecule has 1 amide bonds. The minimum Gasteiger partial charge on any atom is -0.376 e. The van der Waals surface area contributed by atoms with Gasteiger partial charge in [-0.25, -0.2) is 0 Å². The molecule has 106 valence electrons. The first kappa shape index (κ1) is 15.8. The van der Waals surface area contributed by atoms with Crippen LogP contribution in [0.5, 0.6) is 0 Å². The first-order valence-corrected chi connectivity index (χ1v) is 6.62. The maximum absolute atomic E-state index is 11.8. The number of halogens is 1.